The lowest BCUT2D eigenvalue weighted by atomic mass is 10.0. The lowest BCUT2D eigenvalue weighted by Gasteiger charge is -2.38. The molecule has 0 radical (unpaired) electrons. The zero-order valence-corrected chi connectivity index (χ0v) is 17.7. The number of fused-ring (bicyclic) bond motifs is 2. The van der Waals surface area contributed by atoms with Crippen molar-refractivity contribution in [2.75, 3.05) is 19.6 Å². The van der Waals surface area contributed by atoms with E-state index in [9.17, 15) is 23.6 Å². The summed E-state index contributed by atoms with van der Waals surface area (Å²) < 4.78 is 27.3. The zero-order chi connectivity index (χ0) is 22.4. The zero-order valence-electron chi connectivity index (χ0n) is 17.7. The molecular weight excluding hydrogens is 404 g/mol. The number of halogens is 2. The van der Waals surface area contributed by atoms with Crippen molar-refractivity contribution in [3.8, 4) is 6.07 Å². The lowest BCUT2D eigenvalue weighted by Crippen LogP contribution is -2.56. The molecule has 3 aliphatic heterocycles. The van der Waals surface area contributed by atoms with Crippen LogP contribution in [0, 0.1) is 28.9 Å². The third-order valence-corrected chi connectivity index (χ3v) is 6.79. The summed E-state index contributed by atoms with van der Waals surface area (Å²) in [6.45, 7) is 5.08. The highest BCUT2D eigenvalue weighted by Gasteiger charge is 2.51. The molecule has 2 amide bonds. The number of nitrogens with zero attached hydrogens (tertiary/aromatic N) is 4. The molecule has 3 fully saturated rings. The van der Waals surface area contributed by atoms with E-state index < -0.39 is 35.8 Å². The lowest BCUT2D eigenvalue weighted by molar-refractivity contribution is -0.141. The van der Waals surface area contributed by atoms with Crippen LogP contribution in [0.1, 0.15) is 38.3 Å². The van der Waals surface area contributed by atoms with Crippen molar-refractivity contribution in [1.82, 2.24) is 14.7 Å². The summed E-state index contributed by atoms with van der Waals surface area (Å²) in [6, 6.07) is 3.28. The second kappa shape index (κ2) is 8.17. The van der Waals surface area contributed by atoms with Crippen molar-refractivity contribution in [3.63, 3.8) is 0 Å². The second-order valence-corrected chi connectivity index (χ2v) is 9.07. The highest BCUT2D eigenvalue weighted by molar-refractivity contribution is 5.87. The molecule has 0 aromatic heterocycles. The van der Waals surface area contributed by atoms with E-state index in [1.807, 2.05) is 11.8 Å². The Balaban J connectivity index is 1.41. The summed E-state index contributed by atoms with van der Waals surface area (Å²) in [6.07, 6.45) is 1.25. The number of carbonyl (C=O) groups is 2. The van der Waals surface area contributed by atoms with Gasteiger partial charge in [-0.25, -0.2) is 8.78 Å². The van der Waals surface area contributed by atoms with Crippen molar-refractivity contribution in [2.45, 2.75) is 56.9 Å². The molecule has 0 saturated carbocycles. The Morgan fingerprint density at radius 3 is 2.55 bits per heavy atom. The standard InChI is InChI=1S/C22H27F2N5O2/c1-12-3-17(8-25)28(9-12)21(30)19(26)11-27-10-18-7-20(27)22(31)29(18)13(2)14-4-15(23)6-16(24)5-14/h4-6,12-13,17-20H,3,7,9-11,26H2,1-2H3/t12?,13-,17?,18?,19?,20?/m0/s1. The van der Waals surface area contributed by atoms with E-state index in [-0.39, 0.29) is 30.3 Å². The molecule has 1 aromatic carbocycles. The van der Waals surface area contributed by atoms with Crippen LogP contribution in [0.5, 0.6) is 0 Å². The maximum atomic E-state index is 13.6. The molecule has 166 valence electrons. The van der Waals surface area contributed by atoms with Gasteiger partial charge in [-0.05, 0) is 43.4 Å². The third kappa shape index (κ3) is 3.90. The molecule has 2 N–H and O–H groups in total. The Hall–Kier alpha value is -2.57. The first-order valence-corrected chi connectivity index (χ1v) is 10.7. The van der Waals surface area contributed by atoms with Crippen molar-refractivity contribution in [2.24, 2.45) is 11.7 Å². The minimum Gasteiger partial charge on any atom is -0.330 e. The highest BCUT2D eigenvalue weighted by atomic mass is 19.1. The van der Waals surface area contributed by atoms with E-state index in [1.54, 1.807) is 16.7 Å². The number of amides is 2. The summed E-state index contributed by atoms with van der Waals surface area (Å²) in [5.41, 5.74) is 6.60. The molecule has 5 unspecified atom stereocenters. The summed E-state index contributed by atoms with van der Waals surface area (Å²) in [5.74, 6) is -1.45. The molecule has 1 aromatic rings. The highest BCUT2D eigenvalue weighted by Crippen LogP contribution is 2.38. The van der Waals surface area contributed by atoms with Crippen LogP contribution in [0.3, 0.4) is 0 Å². The number of piperazine rings is 1. The van der Waals surface area contributed by atoms with E-state index in [0.717, 1.165) is 6.07 Å². The van der Waals surface area contributed by atoms with Gasteiger partial charge in [0.25, 0.3) is 0 Å². The number of rotatable bonds is 5. The van der Waals surface area contributed by atoms with Crippen LogP contribution in [0.15, 0.2) is 18.2 Å². The average molecular weight is 431 g/mol. The Morgan fingerprint density at radius 2 is 1.94 bits per heavy atom. The molecule has 4 rings (SSSR count). The Labute approximate surface area is 180 Å². The molecule has 9 heteroatoms. The predicted molar refractivity (Wildman–Crippen MR) is 108 cm³/mol. The van der Waals surface area contributed by atoms with Crippen LogP contribution >= 0.6 is 0 Å². The van der Waals surface area contributed by atoms with E-state index in [1.165, 1.54) is 12.1 Å². The van der Waals surface area contributed by atoms with Crippen molar-refractivity contribution >= 4 is 11.8 Å². The van der Waals surface area contributed by atoms with Crippen LogP contribution in [0.4, 0.5) is 8.78 Å². The Kier molecular flexibility index (Phi) is 5.71. The fraction of sp³-hybridized carbons (Fsp3) is 0.591. The maximum Gasteiger partial charge on any atom is 0.241 e. The first-order valence-electron chi connectivity index (χ1n) is 10.7. The molecule has 0 aliphatic carbocycles. The Bertz CT molecular complexity index is 915. The van der Waals surface area contributed by atoms with Gasteiger partial charge in [-0.1, -0.05) is 6.92 Å². The topological polar surface area (TPSA) is 93.7 Å². The molecule has 6 atom stereocenters. The first kappa shape index (κ1) is 21.7. The van der Waals surface area contributed by atoms with Gasteiger partial charge in [-0.15, -0.1) is 0 Å². The predicted octanol–water partition coefficient (Wildman–Crippen LogP) is 1.40. The van der Waals surface area contributed by atoms with Gasteiger partial charge in [0.1, 0.15) is 17.7 Å². The smallest absolute Gasteiger partial charge is 0.241 e. The van der Waals surface area contributed by atoms with Gasteiger partial charge in [0, 0.05) is 31.7 Å². The van der Waals surface area contributed by atoms with Gasteiger partial charge in [-0.3, -0.25) is 14.5 Å². The summed E-state index contributed by atoms with van der Waals surface area (Å²) in [5, 5.41) is 9.31. The first-order chi connectivity index (χ1) is 14.7. The van der Waals surface area contributed by atoms with Crippen molar-refractivity contribution < 1.29 is 18.4 Å². The number of likely N-dealkylation sites (tertiary alicyclic amines) is 3. The fourth-order valence-corrected chi connectivity index (χ4v) is 5.33. The maximum absolute atomic E-state index is 13.6. The number of nitriles is 1. The molecule has 2 bridgehead atoms. The van der Waals surface area contributed by atoms with Crippen LogP contribution in [0.25, 0.3) is 0 Å². The number of hydrogen-bond donors (Lipinski definition) is 1. The normalized spacial score (nSPS) is 30.0. The second-order valence-electron chi connectivity index (χ2n) is 9.07. The van der Waals surface area contributed by atoms with Crippen LogP contribution in [-0.2, 0) is 9.59 Å². The van der Waals surface area contributed by atoms with E-state index in [4.69, 9.17) is 5.73 Å². The number of carbonyl (C=O) groups excluding carboxylic acids is 2. The van der Waals surface area contributed by atoms with Crippen LogP contribution in [0.2, 0.25) is 0 Å². The van der Waals surface area contributed by atoms with Gasteiger partial charge in [-0.2, -0.15) is 5.26 Å². The molecular formula is C22H27F2N5O2. The molecule has 3 aliphatic rings. The molecule has 0 spiro atoms. The van der Waals surface area contributed by atoms with Crippen molar-refractivity contribution in [1.29, 1.82) is 5.26 Å². The number of hydrogen-bond acceptors (Lipinski definition) is 5. The van der Waals surface area contributed by atoms with Gasteiger partial charge < -0.3 is 15.5 Å². The molecule has 7 nitrogen and oxygen atoms in total. The molecule has 3 heterocycles. The summed E-state index contributed by atoms with van der Waals surface area (Å²) in [4.78, 5) is 31.0. The number of benzene rings is 1. The summed E-state index contributed by atoms with van der Waals surface area (Å²) >= 11 is 0. The van der Waals surface area contributed by atoms with Crippen LogP contribution in [-0.4, -0.2) is 70.3 Å². The van der Waals surface area contributed by atoms with E-state index in [0.29, 0.717) is 31.5 Å². The monoisotopic (exact) mass is 431 g/mol. The van der Waals surface area contributed by atoms with Gasteiger partial charge in [0.05, 0.1) is 24.2 Å². The quantitative estimate of drug-likeness (QED) is 0.761. The summed E-state index contributed by atoms with van der Waals surface area (Å²) in [7, 11) is 0. The largest absolute Gasteiger partial charge is 0.330 e. The Morgan fingerprint density at radius 1 is 1.26 bits per heavy atom. The fourth-order valence-electron chi connectivity index (χ4n) is 5.33. The number of nitrogens with two attached hydrogens (primary N) is 1. The van der Waals surface area contributed by atoms with Crippen LogP contribution < -0.4 is 5.73 Å². The van der Waals surface area contributed by atoms with E-state index >= 15 is 0 Å². The molecule has 3 saturated heterocycles. The van der Waals surface area contributed by atoms with E-state index in [2.05, 4.69) is 6.07 Å². The minimum absolute atomic E-state index is 0.0974. The molecule has 31 heavy (non-hydrogen) atoms. The van der Waals surface area contributed by atoms with Gasteiger partial charge in [0.15, 0.2) is 0 Å². The average Bonchev–Trinajstić information content (AvgIpc) is 3.38. The third-order valence-electron chi connectivity index (χ3n) is 6.79. The SMILES string of the molecule is CC1CC(C#N)N(C(=O)C(N)CN2CC3CC2C(=O)N3[C@@H](C)c2cc(F)cc(F)c2)C1. The minimum atomic E-state index is -0.809. The van der Waals surface area contributed by atoms with Gasteiger partial charge >= 0.3 is 0 Å². The van der Waals surface area contributed by atoms with Crippen molar-refractivity contribution in [3.05, 3.63) is 35.4 Å². The van der Waals surface area contributed by atoms with Gasteiger partial charge in [0.2, 0.25) is 11.8 Å².